The molecule has 0 saturated carbocycles. The van der Waals surface area contributed by atoms with E-state index in [1.807, 2.05) is 0 Å². The first-order chi connectivity index (χ1) is 13.6. The number of hydrogen-bond acceptors (Lipinski definition) is 6. The minimum Gasteiger partial charge on any atom is -0.452 e. The Morgan fingerprint density at radius 2 is 1.86 bits per heavy atom. The maximum Gasteiger partial charge on any atom is 0.339 e. The topological polar surface area (TPSA) is 148 Å². The van der Waals surface area contributed by atoms with Crippen molar-refractivity contribution in [2.24, 2.45) is 5.14 Å². The van der Waals surface area contributed by atoms with Gasteiger partial charge >= 0.3 is 5.97 Å². The minimum atomic E-state index is -3.95. The average Bonchev–Trinajstić information content (AvgIpc) is 2.66. The number of para-hydroxylation sites is 1. The molecule has 0 radical (unpaired) electrons. The summed E-state index contributed by atoms with van der Waals surface area (Å²) in [5.74, 6) is -1.52. The largest absolute Gasteiger partial charge is 0.452 e. The van der Waals surface area contributed by atoms with Crippen molar-refractivity contribution in [2.75, 3.05) is 11.9 Å². The van der Waals surface area contributed by atoms with Crippen LogP contribution in [0.25, 0.3) is 10.9 Å². The molecule has 1 aromatic heterocycles. The van der Waals surface area contributed by atoms with E-state index in [0.29, 0.717) is 16.5 Å². The number of ether oxygens (including phenoxy) is 1. The maximum atomic E-state index is 12.3. The highest BCUT2D eigenvalue weighted by atomic mass is 32.2. The molecule has 0 bridgehead atoms. The summed E-state index contributed by atoms with van der Waals surface area (Å²) in [6, 6.07) is 12.0. The monoisotopic (exact) mass is 415 g/mol. The van der Waals surface area contributed by atoms with Gasteiger partial charge in [0.1, 0.15) is 0 Å². The summed E-state index contributed by atoms with van der Waals surface area (Å²) in [4.78, 5) is 38.6. The van der Waals surface area contributed by atoms with Crippen molar-refractivity contribution in [2.45, 2.75) is 11.8 Å². The first-order valence-corrected chi connectivity index (χ1v) is 9.92. The van der Waals surface area contributed by atoms with Gasteiger partial charge in [0.15, 0.2) is 6.61 Å². The van der Waals surface area contributed by atoms with Gasteiger partial charge in [-0.2, -0.15) is 0 Å². The lowest BCUT2D eigenvalue weighted by molar-refractivity contribution is -0.119. The third kappa shape index (κ3) is 4.68. The number of nitrogens with one attached hydrogen (secondary N) is 2. The Balaban J connectivity index is 1.72. The van der Waals surface area contributed by atoms with E-state index in [9.17, 15) is 22.8 Å². The highest BCUT2D eigenvalue weighted by Crippen LogP contribution is 2.19. The summed E-state index contributed by atoms with van der Waals surface area (Å²) in [5, 5.41) is 8.05. The van der Waals surface area contributed by atoms with Gasteiger partial charge in [-0.25, -0.2) is 18.4 Å². The molecule has 150 valence electrons. The van der Waals surface area contributed by atoms with Crippen molar-refractivity contribution < 1.29 is 22.7 Å². The average molecular weight is 415 g/mol. The first-order valence-electron chi connectivity index (χ1n) is 8.37. The van der Waals surface area contributed by atoms with Crippen molar-refractivity contribution in [3.05, 3.63) is 70.0 Å². The molecular formula is C19H17N3O6S. The number of hydrogen-bond donors (Lipinski definition) is 3. The summed E-state index contributed by atoms with van der Waals surface area (Å²) in [6.45, 7) is 0.942. The summed E-state index contributed by atoms with van der Waals surface area (Å²) < 4.78 is 28.1. The number of aromatic nitrogens is 1. The summed E-state index contributed by atoms with van der Waals surface area (Å²) >= 11 is 0. The van der Waals surface area contributed by atoms with E-state index >= 15 is 0 Å². The second-order valence-electron chi connectivity index (χ2n) is 6.24. The Bertz CT molecular complexity index is 1280. The highest BCUT2D eigenvalue weighted by Gasteiger charge is 2.16. The van der Waals surface area contributed by atoms with Crippen LogP contribution in [-0.4, -0.2) is 31.9 Å². The predicted molar refractivity (Wildman–Crippen MR) is 106 cm³/mol. The van der Waals surface area contributed by atoms with E-state index < -0.39 is 34.1 Å². The van der Waals surface area contributed by atoms with Gasteiger partial charge in [-0.05, 0) is 30.7 Å². The Hall–Kier alpha value is -3.50. The summed E-state index contributed by atoms with van der Waals surface area (Å²) in [6.07, 6.45) is 0. The standard InChI is InChI=1S/C19H17N3O6S/c1-11-6-7-12(8-16(11)29(20,26)27)21-18(24)10-28-19(25)14-9-17(23)22-15-5-3-2-4-13(14)15/h2-9H,10H2,1H3,(H,21,24)(H,22,23)(H2,20,26,27). The van der Waals surface area contributed by atoms with Gasteiger partial charge in [0, 0.05) is 22.7 Å². The Kier molecular flexibility index (Phi) is 5.48. The summed E-state index contributed by atoms with van der Waals surface area (Å²) in [7, 11) is -3.95. The van der Waals surface area contributed by atoms with E-state index in [4.69, 9.17) is 9.88 Å². The van der Waals surface area contributed by atoms with Crippen LogP contribution >= 0.6 is 0 Å². The van der Waals surface area contributed by atoms with Gasteiger partial charge in [-0.3, -0.25) is 9.59 Å². The normalized spacial score (nSPS) is 11.2. The Morgan fingerprint density at radius 3 is 2.59 bits per heavy atom. The van der Waals surface area contributed by atoms with Crippen molar-refractivity contribution in [1.82, 2.24) is 4.98 Å². The van der Waals surface area contributed by atoms with Crippen LogP contribution in [0, 0.1) is 6.92 Å². The van der Waals surface area contributed by atoms with Crippen LogP contribution in [0.15, 0.2) is 58.2 Å². The lowest BCUT2D eigenvalue weighted by atomic mass is 10.1. The zero-order chi connectivity index (χ0) is 21.2. The van der Waals surface area contributed by atoms with Crippen molar-refractivity contribution in [3.8, 4) is 0 Å². The zero-order valence-corrected chi connectivity index (χ0v) is 16.1. The van der Waals surface area contributed by atoms with E-state index in [-0.39, 0.29) is 16.1 Å². The number of amides is 1. The minimum absolute atomic E-state index is 0.0315. The lowest BCUT2D eigenvalue weighted by Gasteiger charge is -2.10. The number of H-pyrrole nitrogens is 1. The fraction of sp³-hybridized carbons (Fsp3) is 0.105. The number of benzene rings is 2. The van der Waals surface area contributed by atoms with Crippen LogP contribution in [-0.2, 0) is 19.6 Å². The third-order valence-electron chi connectivity index (χ3n) is 4.08. The van der Waals surface area contributed by atoms with Crippen LogP contribution in [0.1, 0.15) is 15.9 Å². The van der Waals surface area contributed by atoms with E-state index in [1.54, 1.807) is 31.2 Å². The number of carbonyl (C=O) groups is 2. The van der Waals surface area contributed by atoms with Gasteiger partial charge in [-0.1, -0.05) is 24.3 Å². The molecule has 1 amide bonds. The number of carbonyl (C=O) groups excluding carboxylic acids is 2. The van der Waals surface area contributed by atoms with Crippen LogP contribution < -0.4 is 16.0 Å². The molecule has 3 rings (SSSR count). The molecule has 0 aliphatic carbocycles. The fourth-order valence-corrected chi connectivity index (χ4v) is 3.57. The van der Waals surface area contributed by atoms with Crippen molar-refractivity contribution in [3.63, 3.8) is 0 Å². The van der Waals surface area contributed by atoms with Crippen LogP contribution in [0.5, 0.6) is 0 Å². The molecule has 0 fully saturated rings. The highest BCUT2D eigenvalue weighted by molar-refractivity contribution is 7.89. The van der Waals surface area contributed by atoms with E-state index in [2.05, 4.69) is 10.3 Å². The molecule has 0 atom stereocenters. The molecule has 2 aromatic carbocycles. The number of nitrogens with two attached hydrogens (primary N) is 1. The van der Waals surface area contributed by atoms with Crippen LogP contribution in [0.4, 0.5) is 5.69 Å². The van der Waals surface area contributed by atoms with Crippen molar-refractivity contribution in [1.29, 1.82) is 0 Å². The molecule has 1 heterocycles. The SMILES string of the molecule is Cc1ccc(NC(=O)COC(=O)c2cc(=O)[nH]c3ccccc23)cc1S(N)(=O)=O. The van der Waals surface area contributed by atoms with E-state index in [0.717, 1.165) is 6.07 Å². The predicted octanol–water partition coefficient (Wildman–Crippen LogP) is 1.28. The molecular weight excluding hydrogens is 398 g/mol. The molecule has 0 unspecified atom stereocenters. The number of aryl methyl sites for hydroxylation is 1. The zero-order valence-electron chi connectivity index (χ0n) is 15.3. The fourth-order valence-electron chi connectivity index (χ4n) is 2.76. The molecule has 0 aliphatic heterocycles. The number of pyridine rings is 1. The second kappa shape index (κ2) is 7.86. The quantitative estimate of drug-likeness (QED) is 0.535. The number of anilines is 1. The molecule has 0 spiro atoms. The number of sulfonamides is 1. The summed E-state index contributed by atoms with van der Waals surface area (Å²) in [5.41, 5.74) is 0.631. The third-order valence-corrected chi connectivity index (χ3v) is 5.14. The number of aromatic amines is 1. The molecule has 9 nitrogen and oxygen atoms in total. The van der Waals surface area contributed by atoms with Gasteiger partial charge < -0.3 is 15.0 Å². The molecule has 4 N–H and O–H groups in total. The van der Waals surface area contributed by atoms with Crippen LogP contribution in [0.3, 0.4) is 0 Å². The smallest absolute Gasteiger partial charge is 0.339 e. The molecule has 29 heavy (non-hydrogen) atoms. The van der Waals surface area contributed by atoms with E-state index in [1.165, 1.54) is 18.2 Å². The molecule has 0 aliphatic rings. The van der Waals surface area contributed by atoms with Gasteiger partial charge in [0.05, 0.1) is 10.5 Å². The Labute approximate surface area is 165 Å². The van der Waals surface area contributed by atoms with Gasteiger partial charge in [-0.15, -0.1) is 0 Å². The number of esters is 1. The number of primary sulfonamides is 1. The van der Waals surface area contributed by atoms with Gasteiger partial charge in [0.2, 0.25) is 15.6 Å². The molecule has 3 aromatic rings. The molecule has 10 heteroatoms. The second-order valence-corrected chi connectivity index (χ2v) is 7.77. The number of fused-ring (bicyclic) bond motifs is 1. The molecule has 0 saturated heterocycles. The van der Waals surface area contributed by atoms with Crippen LogP contribution in [0.2, 0.25) is 0 Å². The number of rotatable bonds is 5. The van der Waals surface area contributed by atoms with Gasteiger partial charge in [0.25, 0.3) is 5.91 Å². The maximum absolute atomic E-state index is 12.3. The first kappa shape index (κ1) is 20.2. The Morgan fingerprint density at radius 1 is 1.14 bits per heavy atom. The van der Waals surface area contributed by atoms with Crippen molar-refractivity contribution >= 4 is 38.5 Å². The lowest BCUT2D eigenvalue weighted by Crippen LogP contribution is -2.22.